The Morgan fingerprint density at radius 1 is 1.26 bits per heavy atom. The van der Waals surface area contributed by atoms with E-state index in [2.05, 4.69) is 5.32 Å². The van der Waals surface area contributed by atoms with Crippen LogP contribution in [0, 0.1) is 30.0 Å². The van der Waals surface area contributed by atoms with E-state index in [-0.39, 0.29) is 10.6 Å². The molecule has 2 aromatic rings. The van der Waals surface area contributed by atoms with E-state index in [4.69, 9.17) is 16.9 Å². The van der Waals surface area contributed by atoms with Crippen molar-refractivity contribution in [1.29, 1.82) is 5.26 Å². The lowest BCUT2D eigenvalue weighted by Gasteiger charge is -2.11. The minimum absolute atomic E-state index is 0.0704. The van der Waals surface area contributed by atoms with Gasteiger partial charge in [0.15, 0.2) is 11.7 Å². The van der Waals surface area contributed by atoms with Crippen LogP contribution in [0.5, 0.6) is 0 Å². The fraction of sp³-hybridized carbons (Fsp3) is 0.118. The second-order valence-electron chi connectivity index (χ2n) is 4.91. The first-order valence-electron chi connectivity index (χ1n) is 6.69. The minimum atomic E-state index is -1.57. The molecule has 0 saturated heterocycles. The van der Waals surface area contributed by atoms with Crippen molar-refractivity contribution in [2.24, 2.45) is 5.92 Å². The first-order valence-corrected chi connectivity index (χ1v) is 7.06. The van der Waals surface area contributed by atoms with E-state index in [9.17, 15) is 14.0 Å². The molecule has 116 valence electrons. The average Bonchev–Trinajstić information content (AvgIpc) is 2.47. The molecule has 0 spiro atoms. The highest BCUT2D eigenvalue weighted by Gasteiger charge is 2.29. The van der Waals surface area contributed by atoms with Crippen LogP contribution in [0.4, 0.5) is 10.1 Å². The number of carbonyl (C=O) groups excluding carboxylic acids is 2. The molecule has 0 aromatic heterocycles. The number of amides is 1. The zero-order valence-corrected chi connectivity index (χ0v) is 12.9. The van der Waals surface area contributed by atoms with E-state index in [0.717, 1.165) is 23.8 Å². The number of ketones is 1. The Morgan fingerprint density at radius 3 is 2.61 bits per heavy atom. The number of Topliss-reactive ketones (excluding diaryl/α,β-unsaturated/α-hetero) is 1. The van der Waals surface area contributed by atoms with Gasteiger partial charge in [0, 0.05) is 11.3 Å². The van der Waals surface area contributed by atoms with Gasteiger partial charge in [-0.25, -0.2) is 4.39 Å². The first-order chi connectivity index (χ1) is 10.9. The molecule has 1 N–H and O–H groups in total. The average molecular weight is 331 g/mol. The molecule has 23 heavy (non-hydrogen) atoms. The summed E-state index contributed by atoms with van der Waals surface area (Å²) in [4.78, 5) is 24.5. The number of aryl methyl sites for hydroxylation is 1. The van der Waals surface area contributed by atoms with E-state index < -0.39 is 23.4 Å². The second-order valence-corrected chi connectivity index (χ2v) is 5.32. The van der Waals surface area contributed by atoms with Gasteiger partial charge < -0.3 is 5.32 Å². The predicted molar refractivity (Wildman–Crippen MR) is 84.7 cm³/mol. The summed E-state index contributed by atoms with van der Waals surface area (Å²) in [5, 5.41) is 11.5. The fourth-order valence-corrected chi connectivity index (χ4v) is 2.28. The van der Waals surface area contributed by atoms with Gasteiger partial charge in [0.25, 0.3) is 0 Å². The van der Waals surface area contributed by atoms with Crippen LogP contribution < -0.4 is 5.32 Å². The molecule has 2 aromatic carbocycles. The number of benzene rings is 2. The Labute approximate surface area is 137 Å². The van der Waals surface area contributed by atoms with Crippen molar-refractivity contribution in [3.63, 3.8) is 0 Å². The third-order valence-electron chi connectivity index (χ3n) is 3.14. The van der Waals surface area contributed by atoms with E-state index in [1.807, 2.05) is 13.0 Å². The lowest BCUT2D eigenvalue weighted by molar-refractivity contribution is -0.117. The lowest BCUT2D eigenvalue weighted by Crippen LogP contribution is -2.29. The van der Waals surface area contributed by atoms with Gasteiger partial charge in [-0.3, -0.25) is 9.59 Å². The highest BCUT2D eigenvalue weighted by Crippen LogP contribution is 2.21. The molecular weight excluding hydrogens is 319 g/mol. The fourth-order valence-electron chi connectivity index (χ4n) is 2.02. The summed E-state index contributed by atoms with van der Waals surface area (Å²) >= 11 is 5.81. The van der Waals surface area contributed by atoms with Crippen molar-refractivity contribution in [1.82, 2.24) is 0 Å². The Bertz CT molecular complexity index is 814. The molecule has 0 fully saturated rings. The summed E-state index contributed by atoms with van der Waals surface area (Å²) in [6.07, 6.45) is 0. The van der Waals surface area contributed by atoms with Crippen LogP contribution in [-0.2, 0) is 4.79 Å². The number of nitriles is 1. The van der Waals surface area contributed by atoms with Gasteiger partial charge in [-0.15, -0.1) is 0 Å². The maximum Gasteiger partial charge on any atom is 0.249 e. The van der Waals surface area contributed by atoms with Crippen molar-refractivity contribution in [3.05, 3.63) is 64.4 Å². The number of hydrogen-bond donors (Lipinski definition) is 1. The lowest BCUT2D eigenvalue weighted by atomic mass is 9.97. The number of carbonyl (C=O) groups is 2. The molecule has 0 aliphatic carbocycles. The largest absolute Gasteiger partial charge is 0.325 e. The van der Waals surface area contributed by atoms with Crippen LogP contribution in [0.25, 0.3) is 0 Å². The summed E-state index contributed by atoms with van der Waals surface area (Å²) in [6.45, 7) is 1.85. The van der Waals surface area contributed by atoms with Crippen molar-refractivity contribution >= 4 is 29.0 Å². The highest BCUT2D eigenvalue weighted by atomic mass is 35.5. The van der Waals surface area contributed by atoms with Gasteiger partial charge in [-0.2, -0.15) is 5.26 Å². The maximum absolute atomic E-state index is 13.0. The quantitative estimate of drug-likeness (QED) is 0.685. The summed E-state index contributed by atoms with van der Waals surface area (Å²) < 4.78 is 13.0. The maximum atomic E-state index is 13.0. The topological polar surface area (TPSA) is 70.0 Å². The Kier molecular flexibility index (Phi) is 5.09. The molecule has 0 bridgehead atoms. The molecule has 1 unspecified atom stereocenters. The van der Waals surface area contributed by atoms with Gasteiger partial charge in [-0.1, -0.05) is 23.7 Å². The van der Waals surface area contributed by atoms with Crippen molar-refractivity contribution in [2.45, 2.75) is 6.92 Å². The van der Waals surface area contributed by atoms with Gasteiger partial charge in [0.1, 0.15) is 5.82 Å². The van der Waals surface area contributed by atoms with Gasteiger partial charge in [-0.05, 0) is 42.8 Å². The summed E-state index contributed by atoms with van der Waals surface area (Å²) in [5.41, 5.74) is 1.33. The third-order valence-corrected chi connectivity index (χ3v) is 3.45. The highest BCUT2D eigenvalue weighted by molar-refractivity contribution is 6.35. The summed E-state index contributed by atoms with van der Waals surface area (Å²) in [5.74, 6) is -3.71. The van der Waals surface area contributed by atoms with Gasteiger partial charge in [0.2, 0.25) is 5.91 Å². The van der Waals surface area contributed by atoms with Crippen LogP contribution in [0.3, 0.4) is 0 Å². The van der Waals surface area contributed by atoms with E-state index >= 15 is 0 Å². The zero-order chi connectivity index (χ0) is 17.0. The number of nitrogens with one attached hydrogen (secondary N) is 1. The van der Waals surface area contributed by atoms with Crippen molar-refractivity contribution < 1.29 is 14.0 Å². The molecule has 0 radical (unpaired) electrons. The molecular formula is C17H12ClFN2O2. The van der Waals surface area contributed by atoms with Crippen LogP contribution >= 0.6 is 11.6 Å². The smallest absolute Gasteiger partial charge is 0.249 e. The number of halogens is 2. The molecule has 1 amide bonds. The number of rotatable bonds is 4. The standard InChI is InChI=1S/C17H12ClFN2O2/c1-10-3-2-4-12(7-10)21-17(23)14(9-20)16(22)13-6-5-11(19)8-15(13)18/h2-8,14H,1H3,(H,21,23). The molecule has 0 heterocycles. The minimum Gasteiger partial charge on any atom is -0.325 e. The van der Waals surface area contributed by atoms with Crippen LogP contribution in [0.2, 0.25) is 5.02 Å². The summed E-state index contributed by atoms with van der Waals surface area (Å²) in [6, 6.07) is 11.8. The van der Waals surface area contributed by atoms with E-state index in [1.165, 1.54) is 0 Å². The number of hydrogen-bond acceptors (Lipinski definition) is 3. The Morgan fingerprint density at radius 2 is 2.00 bits per heavy atom. The van der Waals surface area contributed by atoms with Crippen molar-refractivity contribution in [2.75, 3.05) is 5.32 Å². The molecule has 0 aliphatic heterocycles. The number of anilines is 1. The molecule has 2 rings (SSSR count). The normalized spacial score (nSPS) is 11.4. The molecule has 0 saturated carbocycles. The van der Waals surface area contributed by atoms with E-state index in [1.54, 1.807) is 24.3 Å². The predicted octanol–water partition coefficient (Wildman–Crippen LogP) is 3.75. The van der Waals surface area contributed by atoms with E-state index in [0.29, 0.717) is 5.69 Å². The zero-order valence-electron chi connectivity index (χ0n) is 12.1. The number of nitrogens with zero attached hydrogens (tertiary/aromatic N) is 1. The van der Waals surface area contributed by atoms with Crippen LogP contribution in [0.1, 0.15) is 15.9 Å². The molecule has 6 heteroatoms. The second kappa shape index (κ2) is 7.03. The Balaban J connectivity index is 2.23. The first kappa shape index (κ1) is 16.7. The Hall–Kier alpha value is -2.71. The third kappa shape index (κ3) is 3.93. The van der Waals surface area contributed by atoms with Crippen LogP contribution in [-0.4, -0.2) is 11.7 Å². The molecule has 1 atom stereocenters. The van der Waals surface area contributed by atoms with Gasteiger partial charge in [0.05, 0.1) is 11.1 Å². The SMILES string of the molecule is Cc1cccc(NC(=O)C(C#N)C(=O)c2ccc(F)cc2Cl)c1. The van der Waals surface area contributed by atoms with Crippen molar-refractivity contribution in [3.8, 4) is 6.07 Å². The molecule has 4 nitrogen and oxygen atoms in total. The van der Waals surface area contributed by atoms with Crippen LogP contribution in [0.15, 0.2) is 42.5 Å². The van der Waals surface area contributed by atoms with Gasteiger partial charge >= 0.3 is 0 Å². The summed E-state index contributed by atoms with van der Waals surface area (Å²) in [7, 11) is 0. The molecule has 0 aliphatic rings. The monoisotopic (exact) mass is 330 g/mol.